The number of aryl methyl sites for hydroxylation is 2. The van der Waals surface area contributed by atoms with Crippen LogP contribution in [-0.2, 0) is 4.79 Å². The molecule has 0 spiro atoms. The first-order valence-corrected chi connectivity index (χ1v) is 13.3. The molecular weight excluding hydrogens is 486 g/mol. The summed E-state index contributed by atoms with van der Waals surface area (Å²) in [5, 5.41) is 1.02. The fourth-order valence-electron chi connectivity index (χ4n) is 5.14. The quantitative estimate of drug-likeness (QED) is 0.301. The highest BCUT2D eigenvalue weighted by Crippen LogP contribution is 2.37. The molecule has 3 heterocycles. The van der Waals surface area contributed by atoms with Crippen LogP contribution in [0.1, 0.15) is 11.1 Å². The summed E-state index contributed by atoms with van der Waals surface area (Å²) in [5.41, 5.74) is 6.50. The molecule has 0 saturated carbocycles. The molecule has 7 heteroatoms. The Labute approximate surface area is 228 Å². The van der Waals surface area contributed by atoms with Crippen molar-refractivity contribution in [2.24, 2.45) is 0 Å². The van der Waals surface area contributed by atoms with Gasteiger partial charge in [0.25, 0.3) is 5.91 Å². The maximum absolute atomic E-state index is 12.9. The van der Waals surface area contributed by atoms with E-state index >= 15 is 0 Å². The number of amides is 1. The Hall–Kier alpha value is -4.65. The van der Waals surface area contributed by atoms with E-state index in [-0.39, 0.29) is 12.5 Å². The topological polar surface area (TPSA) is 63.5 Å². The molecule has 1 aliphatic heterocycles. The number of benzene rings is 3. The van der Waals surface area contributed by atoms with Crippen LogP contribution in [0.2, 0.25) is 0 Å². The van der Waals surface area contributed by atoms with Gasteiger partial charge >= 0.3 is 0 Å². The summed E-state index contributed by atoms with van der Waals surface area (Å²) < 4.78 is 7.89. The van der Waals surface area contributed by atoms with E-state index in [0.29, 0.717) is 31.9 Å². The monoisotopic (exact) mass is 517 g/mol. The Morgan fingerprint density at radius 3 is 2.36 bits per heavy atom. The average Bonchev–Trinajstić information content (AvgIpc) is 3.37. The maximum atomic E-state index is 12.9. The van der Waals surface area contributed by atoms with Gasteiger partial charge in [-0.1, -0.05) is 60.2 Å². The number of nitrogens with zero attached hydrogens (tertiary/aromatic N) is 5. The van der Waals surface area contributed by atoms with Crippen LogP contribution < -0.4 is 9.64 Å². The maximum Gasteiger partial charge on any atom is 0.260 e. The van der Waals surface area contributed by atoms with Gasteiger partial charge < -0.3 is 19.1 Å². The molecule has 0 N–H and O–H groups in total. The summed E-state index contributed by atoms with van der Waals surface area (Å²) in [4.78, 5) is 26.5. The zero-order valence-electron chi connectivity index (χ0n) is 22.2. The molecule has 3 aromatic carbocycles. The lowest BCUT2D eigenvalue weighted by molar-refractivity contribution is -0.133. The van der Waals surface area contributed by atoms with Gasteiger partial charge in [0.1, 0.15) is 17.9 Å². The van der Waals surface area contributed by atoms with Crippen molar-refractivity contribution >= 4 is 22.8 Å². The van der Waals surface area contributed by atoms with Crippen molar-refractivity contribution in [2.45, 2.75) is 13.8 Å². The van der Waals surface area contributed by atoms with Crippen molar-refractivity contribution in [1.29, 1.82) is 0 Å². The van der Waals surface area contributed by atoms with Gasteiger partial charge in [-0.05, 0) is 49.2 Å². The molecule has 0 unspecified atom stereocenters. The third-order valence-corrected chi connectivity index (χ3v) is 7.24. The number of hydrogen-bond acceptors (Lipinski definition) is 5. The normalized spacial score (nSPS) is 13.6. The minimum absolute atomic E-state index is 0.00126. The van der Waals surface area contributed by atoms with Gasteiger partial charge in [-0.2, -0.15) is 0 Å². The first-order valence-electron chi connectivity index (χ1n) is 13.3. The molecule has 5 aromatic rings. The number of rotatable bonds is 6. The van der Waals surface area contributed by atoms with E-state index in [1.807, 2.05) is 42.2 Å². The van der Waals surface area contributed by atoms with Crippen LogP contribution in [0.15, 0.2) is 91.4 Å². The van der Waals surface area contributed by atoms with E-state index in [4.69, 9.17) is 14.7 Å². The van der Waals surface area contributed by atoms with E-state index in [1.54, 1.807) is 6.33 Å². The van der Waals surface area contributed by atoms with Gasteiger partial charge in [0.15, 0.2) is 12.3 Å². The highest BCUT2D eigenvalue weighted by molar-refractivity contribution is 6.02. The van der Waals surface area contributed by atoms with Crippen LogP contribution in [0.25, 0.3) is 27.8 Å². The number of hydrogen-bond donors (Lipinski definition) is 0. The van der Waals surface area contributed by atoms with Crippen molar-refractivity contribution in [3.05, 3.63) is 103 Å². The lowest BCUT2D eigenvalue weighted by atomic mass is 10.1. The second-order valence-electron chi connectivity index (χ2n) is 9.98. The zero-order valence-corrected chi connectivity index (χ0v) is 22.2. The molecular formula is C32H31N5O2. The fourth-order valence-corrected chi connectivity index (χ4v) is 5.14. The van der Waals surface area contributed by atoms with Crippen LogP contribution in [0.5, 0.6) is 5.75 Å². The molecule has 196 valence electrons. The average molecular weight is 518 g/mol. The fraction of sp³-hybridized carbons (Fsp3) is 0.219. The molecule has 2 aromatic heterocycles. The largest absolute Gasteiger partial charge is 0.484 e. The van der Waals surface area contributed by atoms with Gasteiger partial charge in [0.05, 0.1) is 5.39 Å². The number of carbonyl (C=O) groups excluding carboxylic acids is 1. The summed E-state index contributed by atoms with van der Waals surface area (Å²) in [6, 6.07) is 26.6. The van der Waals surface area contributed by atoms with Gasteiger partial charge in [-0.25, -0.2) is 9.97 Å². The molecule has 0 aliphatic carbocycles. The second kappa shape index (κ2) is 10.6. The summed E-state index contributed by atoms with van der Waals surface area (Å²) >= 11 is 0. The molecule has 0 bridgehead atoms. The summed E-state index contributed by atoms with van der Waals surface area (Å²) in [6.07, 6.45) is 3.81. The van der Waals surface area contributed by atoms with Crippen LogP contribution in [0.4, 0.5) is 5.82 Å². The molecule has 6 rings (SSSR count). The van der Waals surface area contributed by atoms with E-state index < -0.39 is 0 Å². The van der Waals surface area contributed by atoms with Crippen molar-refractivity contribution in [2.75, 3.05) is 37.7 Å². The van der Waals surface area contributed by atoms with Crippen molar-refractivity contribution < 1.29 is 9.53 Å². The minimum atomic E-state index is -0.00126. The van der Waals surface area contributed by atoms with E-state index in [2.05, 4.69) is 71.1 Å². The Morgan fingerprint density at radius 1 is 0.846 bits per heavy atom. The predicted octanol–water partition coefficient (Wildman–Crippen LogP) is 5.43. The second-order valence-corrected chi connectivity index (χ2v) is 9.98. The number of anilines is 1. The van der Waals surface area contributed by atoms with E-state index in [9.17, 15) is 4.79 Å². The van der Waals surface area contributed by atoms with Crippen molar-refractivity contribution in [1.82, 2.24) is 19.4 Å². The molecule has 1 aliphatic rings. The minimum Gasteiger partial charge on any atom is -0.484 e. The summed E-state index contributed by atoms with van der Waals surface area (Å²) in [6.45, 7) is 6.76. The van der Waals surface area contributed by atoms with Crippen LogP contribution in [0.3, 0.4) is 0 Å². The van der Waals surface area contributed by atoms with Crippen LogP contribution in [-0.4, -0.2) is 58.1 Å². The Morgan fingerprint density at radius 2 is 1.62 bits per heavy atom. The summed E-state index contributed by atoms with van der Waals surface area (Å²) in [5.74, 6) is 1.61. The first-order chi connectivity index (χ1) is 19.1. The number of ether oxygens (including phenoxy) is 1. The van der Waals surface area contributed by atoms with Gasteiger partial charge in [-0.3, -0.25) is 4.79 Å². The van der Waals surface area contributed by atoms with E-state index in [1.165, 1.54) is 5.56 Å². The van der Waals surface area contributed by atoms with Crippen LogP contribution in [0, 0.1) is 13.8 Å². The molecule has 7 nitrogen and oxygen atoms in total. The highest BCUT2D eigenvalue weighted by atomic mass is 16.5. The number of fused-ring (bicyclic) bond motifs is 1. The molecule has 1 saturated heterocycles. The molecule has 1 fully saturated rings. The van der Waals surface area contributed by atoms with E-state index in [0.717, 1.165) is 39.2 Å². The first kappa shape index (κ1) is 24.7. The lowest BCUT2D eigenvalue weighted by Gasteiger charge is -2.35. The van der Waals surface area contributed by atoms with Crippen molar-refractivity contribution in [3.8, 4) is 22.6 Å². The third kappa shape index (κ3) is 5.08. The number of carbonyl (C=O) groups is 1. The van der Waals surface area contributed by atoms with Gasteiger partial charge in [0.2, 0.25) is 0 Å². The Balaban J connectivity index is 1.27. The number of aromatic nitrogens is 3. The summed E-state index contributed by atoms with van der Waals surface area (Å²) in [7, 11) is 0. The molecule has 0 atom stereocenters. The molecule has 0 radical (unpaired) electrons. The highest BCUT2D eigenvalue weighted by Gasteiger charge is 2.26. The lowest BCUT2D eigenvalue weighted by Crippen LogP contribution is -2.50. The Bertz CT molecular complexity index is 1600. The van der Waals surface area contributed by atoms with Gasteiger partial charge in [0, 0.05) is 43.6 Å². The predicted molar refractivity (Wildman–Crippen MR) is 155 cm³/mol. The smallest absolute Gasteiger partial charge is 0.260 e. The molecule has 39 heavy (non-hydrogen) atoms. The third-order valence-electron chi connectivity index (χ3n) is 7.24. The van der Waals surface area contributed by atoms with Gasteiger partial charge in [-0.15, -0.1) is 0 Å². The Kier molecular flexibility index (Phi) is 6.71. The van der Waals surface area contributed by atoms with Crippen LogP contribution >= 0.6 is 0 Å². The van der Waals surface area contributed by atoms with Crippen molar-refractivity contribution in [3.63, 3.8) is 0 Å². The SMILES string of the molecule is Cc1ccc(OCC(=O)N2CCN(c3ncnc4c3c(-c3ccccc3)cn4-c3cccc(C)c3)CC2)cc1. The number of piperazine rings is 1. The standard InChI is InChI=1S/C32H31N5O2/c1-23-11-13-27(14-12-23)39-21-29(38)35-15-17-36(18-16-35)31-30-28(25-8-4-3-5-9-25)20-37(32(30)34-22-33-31)26-10-6-7-24(2)19-26/h3-14,19-20,22H,15-18,21H2,1-2H3. The molecule has 1 amide bonds. The zero-order chi connectivity index (χ0) is 26.8.